The lowest BCUT2D eigenvalue weighted by Crippen LogP contribution is -2.44. The van der Waals surface area contributed by atoms with Crippen LogP contribution in [-0.2, 0) is 16.0 Å². The molecule has 0 spiro atoms. The number of aryl methyl sites for hydroxylation is 1. The fourth-order valence-corrected chi connectivity index (χ4v) is 2.45. The number of esters is 1. The molecule has 19 heavy (non-hydrogen) atoms. The molecule has 2 rings (SSSR count). The topological polar surface area (TPSA) is 43.4 Å². The van der Waals surface area contributed by atoms with Gasteiger partial charge >= 0.3 is 5.97 Å². The van der Waals surface area contributed by atoms with E-state index in [0.717, 1.165) is 24.8 Å². The van der Waals surface area contributed by atoms with Gasteiger partial charge in [-0.15, -0.1) is 0 Å². The highest BCUT2D eigenvalue weighted by Crippen LogP contribution is 2.31. The Balaban J connectivity index is 2.13. The van der Waals surface area contributed by atoms with Gasteiger partial charge in [0.25, 0.3) is 0 Å². The van der Waals surface area contributed by atoms with Crippen molar-refractivity contribution in [3.63, 3.8) is 0 Å². The van der Waals surface area contributed by atoms with Crippen LogP contribution >= 0.6 is 0 Å². The molecule has 1 aromatic carbocycles. The number of unbranched alkanes of at least 4 members (excludes halogenated alkanes) is 1. The van der Waals surface area contributed by atoms with Gasteiger partial charge in [0, 0.05) is 12.0 Å². The smallest absolute Gasteiger partial charge is 0.306 e. The van der Waals surface area contributed by atoms with Crippen LogP contribution in [0.3, 0.4) is 0 Å². The molecule has 0 saturated heterocycles. The summed E-state index contributed by atoms with van der Waals surface area (Å²) in [4.78, 5) is 24.2. The number of hydrogen-bond donors (Lipinski definition) is 0. The Bertz CT molecular complexity index is 493. The Labute approximate surface area is 114 Å². The SMILES string of the molecule is CCCCC(=O)OC1(C)CCc2ccccc2C1=O. The molecule has 1 unspecified atom stereocenters. The molecule has 0 radical (unpaired) electrons. The summed E-state index contributed by atoms with van der Waals surface area (Å²) in [6, 6.07) is 7.56. The van der Waals surface area contributed by atoms with Crippen LogP contribution in [0.4, 0.5) is 0 Å². The average Bonchev–Trinajstić information content (AvgIpc) is 2.41. The van der Waals surface area contributed by atoms with Crippen molar-refractivity contribution in [2.45, 2.75) is 51.6 Å². The lowest BCUT2D eigenvalue weighted by molar-refractivity contribution is -0.154. The van der Waals surface area contributed by atoms with Crippen molar-refractivity contribution in [1.29, 1.82) is 0 Å². The van der Waals surface area contributed by atoms with Gasteiger partial charge in [-0.25, -0.2) is 0 Å². The maximum atomic E-state index is 12.5. The molecule has 0 fully saturated rings. The standard InChI is InChI=1S/C16H20O3/c1-3-4-9-14(17)19-16(2)11-10-12-7-5-6-8-13(12)15(16)18/h5-8H,3-4,9-11H2,1-2H3. The molecule has 1 aromatic rings. The highest BCUT2D eigenvalue weighted by atomic mass is 16.6. The minimum Gasteiger partial charge on any atom is -0.451 e. The van der Waals surface area contributed by atoms with Crippen LogP contribution in [0.1, 0.15) is 55.5 Å². The van der Waals surface area contributed by atoms with E-state index in [0.29, 0.717) is 18.4 Å². The van der Waals surface area contributed by atoms with Crippen LogP contribution in [0.15, 0.2) is 24.3 Å². The zero-order chi connectivity index (χ0) is 13.9. The molecular weight excluding hydrogens is 240 g/mol. The molecule has 0 bridgehead atoms. The lowest BCUT2D eigenvalue weighted by atomic mass is 9.80. The maximum absolute atomic E-state index is 12.5. The number of Topliss-reactive ketones (excluding diaryl/α,β-unsaturated/α-hetero) is 1. The van der Waals surface area contributed by atoms with Crippen LogP contribution in [0.2, 0.25) is 0 Å². The fourth-order valence-electron chi connectivity index (χ4n) is 2.45. The van der Waals surface area contributed by atoms with Crippen LogP contribution in [0, 0.1) is 0 Å². The summed E-state index contributed by atoms with van der Waals surface area (Å²) >= 11 is 0. The second kappa shape index (κ2) is 5.55. The van der Waals surface area contributed by atoms with Crippen LogP contribution < -0.4 is 0 Å². The molecule has 0 amide bonds. The van der Waals surface area contributed by atoms with E-state index in [2.05, 4.69) is 0 Å². The van der Waals surface area contributed by atoms with E-state index < -0.39 is 5.60 Å². The van der Waals surface area contributed by atoms with Gasteiger partial charge in [0.15, 0.2) is 5.60 Å². The fraction of sp³-hybridized carbons (Fsp3) is 0.500. The second-order valence-corrected chi connectivity index (χ2v) is 5.29. The summed E-state index contributed by atoms with van der Waals surface area (Å²) in [5.74, 6) is -0.337. The molecule has 0 aliphatic heterocycles. The predicted octanol–water partition coefficient (Wildman–Crippen LogP) is 3.31. The molecule has 1 atom stereocenters. The average molecular weight is 260 g/mol. The molecule has 0 N–H and O–H groups in total. The molecule has 1 aliphatic carbocycles. The molecule has 3 heteroatoms. The summed E-state index contributed by atoms with van der Waals surface area (Å²) < 4.78 is 5.46. The Hall–Kier alpha value is -1.64. The number of carbonyl (C=O) groups is 2. The predicted molar refractivity (Wildman–Crippen MR) is 73.1 cm³/mol. The maximum Gasteiger partial charge on any atom is 0.306 e. The number of benzene rings is 1. The normalized spacial score (nSPS) is 21.9. The van der Waals surface area contributed by atoms with Gasteiger partial charge in [-0.2, -0.15) is 0 Å². The van der Waals surface area contributed by atoms with Gasteiger partial charge in [-0.3, -0.25) is 9.59 Å². The quantitative estimate of drug-likeness (QED) is 0.780. The number of carbonyl (C=O) groups excluding carboxylic acids is 2. The summed E-state index contributed by atoms with van der Waals surface area (Å²) in [7, 11) is 0. The van der Waals surface area contributed by atoms with Gasteiger partial charge in [-0.1, -0.05) is 37.6 Å². The Kier molecular flexibility index (Phi) is 4.03. The third kappa shape index (κ3) is 2.86. The Morgan fingerprint density at radius 2 is 2.11 bits per heavy atom. The highest BCUT2D eigenvalue weighted by Gasteiger charge is 2.41. The van der Waals surface area contributed by atoms with E-state index in [1.54, 1.807) is 6.92 Å². The zero-order valence-corrected chi connectivity index (χ0v) is 11.6. The van der Waals surface area contributed by atoms with E-state index in [1.807, 2.05) is 31.2 Å². The van der Waals surface area contributed by atoms with E-state index in [9.17, 15) is 9.59 Å². The van der Waals surface area contributed by atoms with Crippen LogP contribution in [0.25, 0.3) is 0 Å². The second-order valence-electron chi connectivity index (χ2n) is 5.29. The van der Waals surface area contributed by atoms with E-state index >= 15 is 0 Å². The molecule has 102 valence electrons. The van der Waals surface area contributed by atoms with Crippen molar-refractivity contribution in [1.82, 2.24) is 0 Å². The van der Waals surface area contributed by atoms with Crippen molar-refractivity contribution >= 4 is 11.8 Å². The summed E-state index contributed by atoms with van der Waals surface area (Å²) in [6.07, 6.45) is 3.49. The monoisotopic (exact) mass is 260 g/mol. The third-order valence-electron chi connectivity index (χ3n) is 3.69. The van der Waals surface area contributed by atoms with Gasteiger partial charge in [0.1, 0.15) is 0 Å². The van der Waals surface area contributed by atoms with Gasteiger partial charge in [0.2, 0.25) is 5.78 Å². The van der Waals surface area contributed by atoms with E-state index in [1.165, 1.54) is 0 Å². The Morgan fingerprint density at radius 1 is 1.37 bits per heavy atom. The number of hydrogen-bond acceptors (Lipinski definition) is 3. The largest absolute Gasteiger partial charge is 0.451 e. The van der Waals surface area contributed by atoms with Crippen molar-refractivity contribution in [3.05, 3.63) is 35.4 Å². The molecule has 0 saturated carbocycles. The van der Waals surface area contributed by atoms with Crippen molar-refractivity contribution in [2.75, 3.05) is 0 Å². The third-order valence-corrected chi connectivity index (χ3v) is 3.69. The van der Waals surface area contributed by atoms with E-state index in [4.69, 9.17) is 4.74 Å². The first-order valence-corrected chi connectivity index (χ1v) is 6.91. The molecule has 3 nitrogen and oxygen atoms in total. The van der Waals surface area contributed by atoms with Crippen molar-refractivity contribution < 1.29 is 14.3 Å². The zero-order valence-electron chi connectivity index (χ0n) is 11.6. The molecular formula is C16H20O3. The number of ether oxygens (including phenoxy) is 1. The number of fused-ring (bicyclic) bond motifs is 1. The first kappa shape index (κ1) is 13.8. The summed E-state index contributed by atoms with van der Waals surface area (Å²) in [5.41, 5.74) is 0.758. The van der Waals surface area contributed by atoms with Crippen molar-refractivity contribution in [3.8, 4) is 0 Å². The van der Waals surface area contributed by atoms with E-state index in [-0.39, 0.29) is 11.8 Å². The van der Waals surface area contributed by atoms with Crippen LogP contribution in [-0.4, -0.2) is 17.4 Å². The molecule has 0 aromatic heterocycles. The highest BCUT2D eigenvalue weighted by molar-refractivity contribution is 6.05. The lowest BCUT2D eigenvalue weighted by Gasteiger charge is -2.32. The first-order chi connectivity index (χ1) is 9.07. The molecule has 0 heterocycles. The minimum atomic E-state index is -0.987. The summed E-state index contributed by atoms with van der Waals surface area (Å²) in [6.45, 7) is 3.76. The van der Waals surface area contributed by atoms with Crippen molar-refractivity contribution in [2.24, 2.45) is 0 Å². The Morgan fingerprint density at radius 3 is 2.84 bits per heavy atom. The van der Waals surface area contributed by atoms with Gasteiger partial charge < -0.3 is 4.74 Å². The number of ketones is 1. The molecule has 1 aliphatic rings. The first-order valence-electron chi connectivity index (χ1n) is 6.91. The van der Waals surface area contributed by atoms with Crippen LogP contribution in [0.5, 0.6) is 0 Å². The minimum absolute atomic E-state index is 0.0702. The van der Waals surface area contributed by atoms with Gasteiger partial charge in [0.05, 0.1) is 0 Å². The van der Waals surface area contributed by atoms with Gasteiger partial charge in [-0.05, 0) is 31.7 Å². The summed E-state index contributed by atoms with van der Waals surface area (Å²) in [5, 5.41) is 0. The number of rotatable bonds is 4.